The van der Waals surface area contributed by atoms with E-state index in [9.17, 15) is 21.6 Å². The van der Waals surface area contributed by atoms with Crippen LogP contribution in [-0.4, -0.2) is 57.2 Å². The van der Waals surface area contributed by atoms with E-state index in [-0.39, 0.29) is 27.7 Å². The van der Waals surface area contributed by atoms with Crippen LogP contribution in [0.15, 0.2) is 29.2 Å². The topological polar surface area (TPSA) is 106 Å². The van der Waals surface area contributed by atoms with Gasteiger partial charge in [-0.3, -0.25) is 0 Å². The van der Waals surface area contributed by atoms with Gasteiger partial charge in [-0.05, 0) is 18.2 Å². The van der Waals surface area contributed by atoms with E-state index in [0.717, 1.165) is 12.3 Å². The zero-order valence-electron chi connectivity index (χ0n) is 11.4. The van der Waals surface area contributed by atoms with Crippen LogP contribution < -0.4 is 0 Å². The van der Waals surface area contributed by atoms with Crippen LogP contribution >= 0.6 is 11.8 Å². The maximum atomic E-state index is 12.0. The van der Waals surface area contributed by atoms with Crippen LogP contribution in [0.25, 0.3) is 0 Å². The molecule has 6 nitrogen and oxygen atoms in total. The number of hydrogen-bond donors (Lipinski definition) is 1. The Morgan fingerprint density at radius 3 is 2.33 bits per heavy atom. The highest BCUT2D eigenvalue weighted by molar-refractivity contribution is 8.01. The van der Waals surface area contributed by atoms with Crippen LogP contribution in [0.3, 0.4) is 0 Å². The van der Waals surface area contributed by atoms with Gasteiger partial charge in [-0.1, -0.05) is 6.07 Å². The van der Waals surface area contributed by atoms with Crippen molar-refractivity contribution in [3.05, 3.63) is 29.8 Å². The van der Waals surface area contributed by atoms with Crippen LogP contribution in [-0.2, 0) is 19.7 Å². The molecule has 0 saturated carbocycles. The lowest BCUT2D eigenvalue weighted by molar-refractivity contribution is 0.0696. The summed E-state index contributed by atoms with van der Waals surface area (Å²) in [6, 6.07) is 5.18. The quantitative estimate of drug-likeness (QED) is 0.694. The monoisotopic (exact) mass is 352 g/mol. The van der Waals surface area contributed by atoms with Crippen molar-refractivity contribution >= 4 is 37.4 Å². The van der Waals surface area contributed by atoms with E-state index < -0.39 is 25.6 Å². The van der Waals surface area contributed by atoms with Gasteiger partial charge in [0.25, 0.3) is 0 Å². The first-order valence-electron chi connectivity index (χ1n) is 5.93. The molecule has 0 aromatic heterocycles. The van der Waals surface area contributed by atoms with E-state index >= 15 is 0 Å². The minimum absolute atomic E-state index is 0.00616. The molecule has 0 bridgehead atoms. The Bertz CT molecular complexity index is 706. The fourth-order valence-corrected chi connectivity index (χ4v) is 5.49. The van der Waals surface area contributed by atoms with Crippen molar-refractivity contribution in [2.24, 2.45) is 0 Å². The largest absolute Gasteiger partial charge is 0.478 e. The summed E-state index contributed by atoms with van der Waals surface area (Å²) in [6.45, 7) is 0. The molecule has 0 aliphatic heterocycles. The van der Waals surface area contributed by atoms with Crippen molar-refractivity contribution in [1.29, 1.82) is 0 Å². The summed E-state index contributed by atoms with van der Waals surface area (Å²) in [5.41, 5.74) is -0.0826. The van der Waals surface area contributed by atoms with Crippen molar-refractivity contribution in [3.63, 3.8) is 0 Å². The second kappa shape index (κ2) is 7.28. The Hall–Kier alpha value is -1.06. The molecule has 1 aromatic rings. The van der Waals surface area contributed by atoms with Crippen LogP contribution in [0, 0.1) is 0 Å². The van der Waals surface area contributed by atoms with E-state index in [2.05, 4.69) is 0 Å². The Balaban J connectivity index is 2.62. The molecule has 1 rings (SSSR count). The molecular weight excluding hydrogens is 336 g/mol. The normalized spacial score (nSPS) is 12.2. The molecule has 9 heteroatoms. The lowest BCUT2D eigenvalue weighted by Gasteiger charge is -2.05. The molecule has 0 unspecified atom stereocenters. The van der Waals surface area contributed by atoms with Gasteiger partial charge in [0.15, 0.2) is 9.84 Å². The summed E-state index contributed by atoms with van der Waals surface area (Å²) in [4.78, 5) is 10.8. The minimum Gasteiger partial charge on any atom is -0.478 e. The van der Waals surface area contributed by atoms with E-state index in [1.165, 1.54) is 30.0 Å². The van der Waals surface area contributed by atoms with Crippen LogP contribution in [0.5, 0.6) is 0 Å². The highest BCUT2D eigenvalue weighted by atomic mass is 32.2. The molecule has 1 N–H and O–H groups in total. The maximum Gasteiger partial charge on any atom is 0.335 e. The van der Waals surface area contributed by atoms with Gasteiger partial charge in [0.05, 0.1) is 22.0 Å². The summed E-state index contributed by atoms with van der Waals surface area (Å²) in [5.74, 6) is -0.746. The molecule has 0 aliphatic carbocycles. The predicted octanol–water partition coefficient (Wildman–Crippen LogP) is 0.936. The first kappa shape index (κ1) is 18.0. The third kappa shape index (κ3) is 6.49. The van der Waals surface area contributed by atoms with Gasteiger partial charge in [-0.25, -0.2) is 21.6 Å². The van der Waals surface area contributed by atoms with Crippen molar-refractivity contribution < 1.29 is 26.7 Å². The molecule has 0 atom stereocenters. The number of rotatable bonds is 8. The lowest BCUT2D eigenvalue weighted by Crippen LogP contribution is -2.11. The van der Waals surface area contributed by atoms with Crippen LogP contribution in [0.4, 0.5) is 0 Å². The fraction of sp³-hybridized carbons (Fsp3) is 0.417. The Morgan fingerprint density at radius 1 is 1.14 bits per heavy atom. The second-order valence-electron chi connectivity index (χ2n) is 4.39. The number of carboxylic acid groups (broad SMARTS) is 1. The number of benzene rings is 1. The highest BCUT2D eigenvalue weighted by Crippen LogP contribution is 2.15. The van der Waals surface area contributed by atoms with E-state index in [4.69, 9.17) is 5.11 Å². The fourth-order valence-electron chi connectivity index (χ4n) is 1.42. The Morgan fingerprint density at radius 2 is 1.76 bits per heavy atom. The van der Waals surface area contributed by atoms with Gasteiger partial charge in [-0.15, -0.1) is 0 Å². The number of thioether (sulfide) groups is 1. The molecule has 1 aromatic carbocycles. The zero-order chi connectivity index (χ0) is 16.1. The van der Waals surface area contributed by atoms with E-state index in [0.29, 0.717) is 5.75 Å². The molecule has 21 heavy (non-hydrogen) atoms. The Kier molecular flexibility index (Phi) is 6.24. The van der Waals surface area contributed by atoms with Crippen molar-refractivity contribution in [1.82, 2.24) is 0 Å². The van der Waals surface area contributed by atoms with Crippen molar-refractivity contribution in [2.75, 3.05) is 29.3 Å². The van der Waals surface area contributed by atoms with Gasteiger partial charge < -0.3 is 5.11 Å². The first-order valence-corrected chi connectivity index (χ1v) is 10.8. The van der Waals surface area contributed by atoms with Gasteiger partial charge in [0.1, 0.15) is 9.84 Å². The third-order valence-electron chi connectivity index (χ3n) is 2.53. The molecular formula is C12H16O6S3. The molecule has 0 spiro atoms. The smallest absolute Gasteiger partial charge is 0.335 e. The third-order valence-corrected chi connectivity index (χ3v) is 6.70. The summed E-state index contributed by atoms with van der Waals surface area (Å²) >= 11 is 1.24. The predicted molar refractivity (Wildman–Crippen MR) is 82.5 cm³/mol. The molecule has 0 radical (unpaired) electrons. The average Bonchev–Trinajstić information content (AvgIpc) is 2.37. The molecule has 0 heterocycles. The summed E-state index contributed by atoms with van der Waals surface area (Å²) < 4.78 is 45.9. The molecule has 0 amide bonds. The highest BCUT2D eigenvalue weighted by Gasteiger charge is 2.16. The molecule has 0 aliphatic rings. The standard InChI is InChI=1S/C12H16O6S3/c1-20(15,16)7-5-19-6-8-21(17,18)11-4-2-3-10(9-11)12(13)14/h2-4,9H,5-8H2,1H3,(H,13,14). The first-order chi connectivity index (χ1) is 9.62. The number of hydrogen-bond acceptors (Lipinski definition) is 6. The molecule has 118 valence electrons. The lowest BCUT2D eigenvalue weighted by atomic mass is 10.2. The number of aromatic carboxylic acids is 1. The van der Waals surface area contributed by atoms with Crippen LogP contribution in [0.2, 0.25) is 0 Å². The summed E-state index contributed by atoms with van der Waals surface area (Å²) in [7, 11) is -6.61. The zero-order valence-corrected chi connectivity index (χ0v) is 13.8. The number of carbonyl (C=O) groups is 1. The Labute approximate surface area is 128 Å². The maximum absolute atomic E-state index is 12.0. The van der Waals surface area contributed by atoms with Gasteiger partial charge >= 0.3 is 5.97 Å². The second-order valence-corrected chi connectivity index (χ2v) is 9.99. The summed E-state index contributed by atoms with van der Waals surface area (Å²) in [5, 5.41) is 8.84. The van der Waals surface area contributed by atoms with Crippen molar-refractivity contribution in [2.45, 2.75) is 4.90 Å². The average molecular weight is 352 g/mol. The van der Waals surface area contributed by atoms with Gasteiger partial charge in [-0.2, -0.15) is 11.8 Å². The van der Waals surface area contributed by atoms with E-state index in [1.807, 2.05) is 0 Å². The number of sulfone groups is 2. The van der Waals surface area contributed by atoms with E-state index in [1.54, 1.807) is 0 Å². The molecule has 0 saturated heterocycles. The van der Waals surface area contributed by atoms with Crippen molar-refractivity contribution in [3.8, 4) is 0 Å². The number of carboxylic acids is 1. The van der Waals surface area contributed by atoms with Gasteiger partial charge in [0.2, 0.25) is 0 Å². The van der Waals surface area contributed by atoms with Gasteiger partial charge in [0, 0.05) is 17.8 Å². The van der Waals surface area contributed by atoms with Crippen LogP contribution in [0.1, 0.15) is 10.4 Å². The summed E-state index contributed by atoms with van der Waals surface area (Å²) in [6.07, 6.45) is 1.13. The minimum atomic E-state index is -3.57. The SMILES string of the molecule is CS(=O)(=O)CCSCCS(=O)(=O)c1cccc(C(=O)O)c1. The molecule has 0 fully saturated rings.